The van der Waals surface area contributed by atoms with Gasteiger partial charge in [-0.05, 0) is 31.0 Å². The zero-order valence-corrected chi connectivity index (χ0v) is 17.7. The van der Waals surface area contributed by atoms with Gasteiger partial charge in [-0.25, -0.2) is 9.97 Å². The van der Waals surface area contributed by atoms with Crippen molar-refractivity contribution in [2.45, 2.75) is 43.9 Å². The van der Waals surface area contributed by atoms with Gasteiger partial charge in [0, 0.05) is 37.8 Å². The van der Waals surface area contributed by atoms with Crippen LogP contribution in [0.3, 0.4) is 0 Å². The lowest BCUT2D eigenvalue weighted by molar-refractivity contribution is 0.0244. The fourth-order valence-corrected chi connectivity index (χ4v) is 5.13. The van der Waals surface area contributed by atoms with Crippen LogP contribution in [0.2, 0.25) is 0 Å². The molecule has 8 nitrogen and oxygen atoms in total. The second-order valence-corrected chi connectivity index (χ2v) is 8.64. The maximum atomic E-state index is 6.35. The molecule has 162 valence electrons. The average molecular weight is 422 g/mol. The molecular formula is C23H27N5O3. The highest BCUT2D eigenvalue weighted by molar-refractivity contribution is 5.97. The van der Waals surface area contributed by atoms with Gasteiger partial charge in [-0.15, -0.1) is 0 Å². The number of aromatic nitrogens is 4. The lowest BCUT2D eigenvalue weighted by atomic mass is 10.1. The Balaban J connectivity index is 1.40. The molecule has 0 amide bonds. The third-order valence-electron chi connectivity index (χ3n) is 6.70. The number of anilines is 1. The van der Waals surface area contributed by atoms with Crippen LogP contribution in [0.4, 0.5) is 5.82 Å². The number of pyridine rings is 2. The van der Waals surface area contributed by atoms with Crippen molar-refractivity contribution in [3.05, 3.63) is 30.6 Å². The van der Waals surface area contributed by atoms with Crippen LogP contribution in [-0.4, -0.2) is 64.4 Å². The molecule has 3 aliphatic heterocycles. The maximum absolute atomic E-state index is 6.35. The number of fused-ring (bicyclic) bond motifs is 3. The van der Waals surface area contributed by atoms with Gasteiger partial charge < -0.3 is 19.1 Å². The van der Waals surface area contributed by atoms with E-state index in [0.717, 1.165) is 80.1 Å². The Morgan fingerprint density at radius 3 is 2.55 bits per heavy atom. The molecule has 3 aromatic rings. The minimum Gasteiger partial charge on any atom is -0.474 e. The van der Waals surface area contributed by atoms with Gasteiger partial charge in [0.1, 0.15) is 17.6 Å². The number of ether oxygens (including phenoxy) is 3. The maximum Gasteiger partial charge on any atom is 0.225 e. The van der Waals surface area contributed by atoms with E-state index in [0.29, 0.717) is 18.0 Å². The summed E-state index contributed by atoms with van der Waals surface area (Å²) in [6.45, 7) is 3.02. The van der Waals surface area contributed by atoms with E-state index in [-0.39, 0.29) is 6.10 Å². The van der Waals surface area contributed by atoms with Crippen LogP contribution in [0, 0.1) is 0 Å². The molecule has 0 aliphatic carbocycles. The molecule has 2 bridgehead atoms. The van der Waals surface area contributed by atoms with Crippen molar-refractivity contribution in [3.63, 3.8) is 0 Å². The van der Waals surface area contributed by atoms with Crippen molar-refractivity contribution < 1.29 is 14.2 Å². The van der Waals surface area contributed by atoms with Gasteiger partial charge in [0.05, 0.1) is 49.4 Å². The van der Waals surface area contributed by atoms with Gasteiger partial charge >= 0.3 is 0 Å². The number of nitrogens with zero attached hydrogens (tertiary/aromatic N) is 5. The summed E-state index contributed by atoms with van der Waals surface area (Å²) in [7, 11) is 1.97. The van der Waals surface area contributed by atoms with Crippen molar-refractivity contribution >= 4 is 16.7 Å². The molecule has 0 radical (unpaired) electrons. The zero-order chi connectivity index (χ0) is 20.8. The molecule has 3 saturated heterocycles. The highest BCUT2D eigenvalue weighted by atomic mass is 16.5. The molecular weight excluding hydrogens is 394 g/mol. The van der Waals surface area contributed by atoms with Crippen molar-refractivity contribution in [1.29, 1.82) is 0 Å². The predicted molar refractivity (Wildman–Crippen MR) is 116 cm³/mol. The minimum absolute atomic E-state index is 0.122. The highest BCUT2D eigenvalue weighted by Crippen LogP contribution is 2.37. The Morgan fingerprint density at radius 2 is 1.74 bits per heavy atom. The summed E-state index contributed by atoms with van der Waals surface area (Å²) in [6.07, 6.45) is 7.89. The number of rotatable bonds is 4. The third kappa shape index (κ3) is 3.34. The minimum atomic E-state index is 0.122. The van der Waals surface area contributed by atoms with Gasteiger partial charge in [0.2, 0.25) is 5.88 Å². The van der Waals surface area contributed by atoms with E-state index in [4.69, 9.17) is 24.3 Å². The quantitative estimate of drug-likeness (QED) is 0.641. The van der Waals surface area contributed by atoms with Crippen LogP contribution >= 0.6 is 0 Å². The van der Waals surface area contributed by atoms with Gasteiger partial charge in [0.15, 0.2) is 0 Å². The lowest BCUT2D eigenvalue weighted by Gasteiger charge is -2.35. The Morgan fingerprint density at radius 1 is 0.968 bits per heavy atom. The van der Waals surface area contributed by atoms with Crippen LogP contribution in [0.5, 0.6) is 5.88 Å². The van der Waals surface area contributed by atoms with Crippen LogP contribution < -0.4 is 9.64 Å². The summed E-state index contributed by atoms with van der Waals surface area (Å²) in [6, 6.07) is 7.00. The van der Waals surface area contributed by atoms with E-state index in [2.05, 4.69) is 16.0 Å². The summed E-state index contributed by atoms with van der Waals surface area (Å²) >= 11 is 0. The molecule has 3 fully saturated rings. The normalized spacial score (nSPS) is 24.1. The van der Waals surface area contributed by atoms with Crippen LogP contribution in [-0.2, 0) is 16.5 Å². The summed E-state index contributed by atoms with van der Waals surface area (Å²) < 4.78 is 19.5. The van der Waals surface area contributed by atoms with Gasteiger partial charge in [0.25, 0.3) is 0 Å². The molecule has 3 aromatic heterocycles. The molecule has 2 atom stereocenters. The molecule has 6 heterocycles. The second-order valence-electron chi connectivity index (χ2n) is 8.64. The van der Waals surface area contributed by atoms with Gasteiger partial charge in [-0.3, -0.25) is 4.68 Å². The first-order valence-electron chi connectivity index (χ1n) is 11.2. The first kappa shape index (κ1) is 19.0. The number of morpholine rings is 1. The molecule has 31 heavy (non-hydrogen) atoms. The monoisotopic (exact) mass is 421 g/mol. The fourth-order valence-electron chi connectivity index (χ4n) is 5.13. The van der Waals surface area contributed by atoms with E-state index in [1.165, 1.54) is 0 Å². The largest absolute Gasteiger partial charge is 0.474 e. The third-order valence-corrected chi connectivity index (χ3v) is 6.70. The molecule has 2 unspecified atom stereocenters. The first-order chi connectivity index (χ1) is 15.3. The number of aryl methyl sites for hydroxylation is 1. The molecule has 6 rings (SSSR count). The summed E-state index contributed by atoms with van der Waals surface area (Å²) in [5.41, 5.74) is 2.93. The standard InChI is InChI=1S/C23H27N5O3/c1-27-19-5-9-25-23(31-18-6-10-29-11-7-18)21(19)22(26-27)15-4-8-24-20(12-15)28-16-2-3-17(28)14-30-13-16/h4-5,8-9,12,16-18H,2-3,6-7,10-11,13-14H2,1H3. The van der Waals surface area contributed by atoms with E-state index in [1.54, 1.807) is 6.20 Å². The zero-order valence-electron chi connectivity index (χ0n) is 17.7. The Bertz CT molecular complexity index is 1080. The average Bonchev–Trinajstić information content (AvgIpc) is 3.28. The number of hydrogen-bond donors (Lipinski definition) is 0. The Kier molecular flexibility index (Phi) is 4.76. The summed E-state index contributed by atoms with van der Waals surface area (Å²) in [5.74, 6) is 1.65. The summed E-state index contributed by atoms with van der Waals surface area (Å²) in [5, 5.41) is 5.81. The van der Waals surface area contributed by atoms with Gasteiger partial charge in [-0.2, -0.15) is 5.10 Å². The van der Waals surface area contributed by atoms with Crippen molar-refractivity contribution in [1.82, 2.24) is 19.7 Å². The van der Waals surface area contributed by atoms with Crippen molar-refractivity contribution in [3.8, 4) is 17.1 Å². The topological polar surface area (TPSA) is 74.5 Å². The Hall–Kier alpha value is -2.71. The summed E-state index contributed by atoms with van der Waals surface area (Å²) in [4.78, 5) is 11.7. The van der Waals surface area contributed by atoms with Crippen molar-refractivity contribution in [2.24, 2.45) is 7.05 Å². The van der Waals surface area contributed by atoms with Crippen molar-refractivity contribution in [2.75, 3.05) is 31.3 Å². The molecule has 0 aromatic carbocycles. The van der Waals surface area contributed by atoms with E-state index < -0.39 is 0 Å². The van der Waals surface area contributed by atoms with E-state index >= 15 is 0 Å². The molecule has 0 spiro atoms. The van der Waals surface area contributed by atoms with Crippen LogP contribution in [0.25, 0.3) is 22.2 Å². The SMILES string of the molecule is Cn1nc(-c2ccnc(N3C4CCC3COC4)c2)c2c(OC3CCOCC3)nccc21. The Labute approximate surface area is 181 Å². The first-order valence-corrected chi connectivity index (χ1v) is 11.2. The smallest absolute Gasteiger partial charge is 0.225 e. The predicted octanol–water partition coefficient (Wildman–Crippen LogP) is 2.96. The van der Waals surface area contributed by atoms with Crippen LogP contribution in [0.15, 0.2) is 30.6 Å². The van der Waals surface area contributed by atoms with Gasteiger partial charge in [-0.1, -0.05) is 0 Å². The molecule has 0 N–H and O–H groups in total. The highest BCUT2D eigenvalue weighted by Gasteiger charge is 2.38. The van der Waals surface area contributed by atoms with Crippen LogP contribution in [0.1, 0.15) is 25.7 Å². The molecule has 0 saturated carbocycles. The fraction of sp³-hybridized carbons (Fsp3) is 0.522. The van der Waals surface area contributed by atoms with E-state index in [1.807, 2.05) is 30.1 Å². The second kappa shape index (κ2) is 7.76. The van der Waals surface area contributed by atoms with E-state index in [9.17, 15) is 0 Å². The lowest BCUT2D eigenvalue weighted by Crippen LogP contribution is -2.46. The molecule has 8 heteroatoms. The number of hydrogen-bond acceptors (Lipinski definition) is 7. The molecule has 3 aliphatic rings.